The number of imidazole rings is 2. The molecule has 0 bridgehead atoms. The van der Waals surface area contributed by atoms with Crippen molar-refractivity contribution < 1.29 is 0 Å². The number of piperidine rings is 1. The number of pyridine rings is 1. The van der Waals surface area contributed by atoms with Gasteiger partial charge in [0.05, 0.1) is 29.2 Å². The molecule has 1 unspecified atom stereocenters. The lowest BCUT2D eigenvalue weighted by molar-refractivity contribution is 0.170. The Labute approximate surface area is 204 Å². The highest BCUT2D eigenvalue weighted by atomic mass is 35.5. The van der Waals surface area contributed by atoms with Gasteiger partial charge in [-0.05, 0) is 25.0 Å². The van der Waals surface area contributed by atoms with Crippen LogP contribution in [0.2, 0.25) is 5.02 Å². The lowest BCUT2D eigenvalue weighted by Crippen LogP contribution is -2.45. The summed E-state index contributed by atoms with van der Waals surface area (Å²) in [4.78, 5) is 16.9. The van der Waals surface area contributed by atoms with Crippen LogP contribution in [-0.4, -0.2) is 46.6 Å². The minimum atomic E-state index is 0.0380. The second-order valence-corrected chi connectivity index (χ2v) is 10.5. The van der Waals surface area contributed by atoms with Crippen LogP contribution in [0.15, 0.2) is 65.6 Å². The summed E-state index contributed by atoms with van der Waals surface area (Å²) in [5.41, 5.74) is 9.62. The molecule has 7 rings (SSSR count). The molecule has 0 aromatic carbocycles. The number of fused-ring (bicyclic) bond motifs is 3. The number of aromatic nitrogens is 7. The van der Waals surface area contributed by atoms with Gasteiger partial charge in [0.25, 0.3) is 0 Å². The second kappa shape index (κ2) is 7.46. The monoisotopic (exact) mass is 491 g/mol. The molecule has 0 aliphatic carbocycles. The Morgan fingerprint density at radius 3 is 2.82 bits per heavy atom. The van der Waals surface area contributed by atoms with Crippen molar-refractivity contribution in [3.63, 3.8) is 0 Å². The van der Waals surface area contributed by atoms with Gasteiger partial charge < -0.3 is 15.0 Å². The first-order chi connectivity index (χ1) is 16.6. The molecule has 2 N–H and O–H groups in total. The summed E-state index contributed by atoms with van der Waals surface area (Å²) in [6, 6.07) is 4.09. The van der Waals surface area contributed by atoms with Crippen LogP contribution >= 0.6 is 23.4 Å². The molecule has 34 heavy (non-hydrogen) atoms. The van der Waals surface area contributed by atoms with Crippen molar-refractivity contribution in [2.24, 2.45) is 11.1 Å². The zero-order valence-electron chi connectivity index (χ0n) is 18.3. The first-order valence-corrected chi connectivity index (χ1v) is 12.4. The molecule has 2 aliphatic rings. The van der Waals surface area contributed by atoms with E-state index in [-0.39, 0.29) is 11.5 Å². The molecule has 7 heterocycles. The molecule has 1 atom stereocenters. The highest BCUT2D eigenvalue weighted by molar-refractivity contribution is 7.99. The molecule has 0 amide bonds. The van der Waals surface area contributed by atoms with Gasteiger partial charge in [-0.15, -0.1) is 0 Å². The summed E-state index contributed by atoms with van der Waals surface area (Å²) in [5, 5.41) is 6.03. The number of anilines is 1. The Hall–Kier alpha value is -3.08. The first-order valence-electron chi connectivity index (χ1n) is 11.3. The molecule has 2 aliphatic heterocycles. The third kappa shape index (κ3) is 2.92. The number of nitrogens with zero attached hydrogens (tertiary/aromatic N) is 8. The molecular weight excluding hydrogens is 470 g/mol. The van der Waals surface area contributed by atoms with E-state index in [0.717, 1.165) is 65.1 Å². The third-order valence-corrected chi connectivity index (χ3v) is 8.89. The third-order valence-electron chi connectivity index (χ3n) is 7.34. The fourth-order valence-electron chi connectivity index (χ4n) is 5.41. The molecule has 1 spiro atoms. The summed E-state index contributed by atoms with van der Waals surface area (Å²) in [5.74, 6) is 0.954. The normalized spacial score (nSPS) is 19.5. The maximum Gasteiger partial charge on any atom is 0.156 e. The van der Waals surface area contributed by atoms with E-state index in [0.29, 0.717) is 5.02 Å². The Morgan fingerprint density at radius 2 is 1.97 bits per heavy atom. The van der Waals surface area contributed by atoms with Crippen molar-refractivity contribution in [3.8, 4) is 0 Å². The quantitative estimate of drug-likeness (QED) is 0.411. The van der Waals surface area contributed by atoms with Crippen LogP contribution in [-0.2, 0) is 6.54 Å². The first kappa shape index (κ1) is 20.3. The highest BCUT2D eigenvalue weighted by Gasteiger charge is 2.47. The topological polar surface area (TPSA) is 94.6 Å². The van der Waals surface area contributed by atoms with E-state index >= 15 is 0 Å². The van der Waals surface area contributed by atoms with Crippen LogP contribution in [0.25, 0.3) is 11.2 Å². The number of rotatable bonds is 3. The van der Waals surface area contributed by atoms with Gasteiger partial charge in [-0.25, -0.2) is 15.0 Å². The van der Waals surface area contributed by atoms with Crippen LogP contribution < -0.4 is 10.6 Å². The molecule has 172 valence electrons. The van der Waals surface area contributed by atoms with Crippen molar-refractivity contribution in [3.05, 3.63) is 66.4 Å². The maximum absolute atomic E-state index is 6.66. The average Bonchev–Trinajstić information content (AvgIpc) is 3.64. The molecule has 5 aromatic heterocycles. The van der Waals surface area contributed by atoms with Crippen molar-refractivity contribution in [2.75, 3.05) is 18.0 Å². The van der Waals surface area contributed by atoms with E-state index < -0.39 is 0 Å². The minimum Gasteiger partial charge on any atom is -0.355 e. The lowest BCUT2D eigenvalue weighted by atomic mass is 9.73. The van der Waals surface area contributed by atoms with E-state index in [2.05, 4.69) is 35.1 Å². The Kier molecular flexibility index (Phi) is 4.46. The van der Waals surface area contributed by atoms with Crippen LogP contribution in [0.1, 0.15) is 24.6 Å². The second-order valence-electron chi connectivity index (χ2n) is 9.06. The van der Waals surface area contributed by atoms with Gasteiger partial charge in [0, 0.05) is 54.7 Å². The predicted octanol–water partition coefficient (Wildman–Crippen LogP) is 3.68. The van der Waals surface area contributed by atoms with E-state index in [1.54, 1.807) is 18.0 Å². The molecule has 1 saturated heterocycles. The van der Waals surface area contributed by atoms with Crippen LogP contribution in [0, 0.1) is 5.41 Å². The summed E-state index contributed by atoms with van der Waals surface area (Å²) in [7, 11) is 0. The van der Waals surface area contributed by atoms with E-state index in [1.807, 2.05) is 47.8 Å². The van der Waals surface area contributed by atoms with Gasteiger partial charge >= 0.3 is 0 Å². The Morgan fingerprint density at radius 1 is 1.09 bits per heavy atom. The SMILES string of the molecule is NC1c2ccnn2CC12CCN(c1ncc(Sc3ccn4ccnc4c3Cl)n3cncc13)CC2. The molecular formula is C23H22ClN9S. The van der Waals surface area contributed by atoms with Gasteiger partial charge in [0.2, 0.25) is 0 Å². The summed E-state index contributed by atoms with van der Waals surface area (Å²) in [6.07, 6.45) is 15.1. The summed E-state index contributed by atoms with van der Waals surface area (Å²) >= 11 is 8.20. The molecule has 1 fully saturated rings. The van der Waals surface area contributed by atoms with E-state index in [1.165, 1.54) is 0 Å². The zero-order valence-corrected chi connectivity index (χ0v) is 19.8. The summed E-state index contributed by atoms with van der Waals surface area (Å²) < 4.78 is 6.07. The molecule has 9 nitrogen and oxygen atoms in total. The predicted molar refractivity (Wildman–Crippen MR) is 130 cm³/mol. The minimum absolute atomic E-state index is 0.0380. The van der Waals surface area contributed by atoms with E-state index in [4.69, 9.17) is 22.3 Å². The molecule has 0 saturated carbocycles. The largest absolute Gasteiger partial charge is 0.355 e. The summed E-state index contributed by atoms with van der Waals surface area (Å²) in [6.45, 7) is 2.71. The highest BCUT2D eigenvalue weighted by Crippen LogP contribution is 2.48. The van der Waals surface area contributed by atoms with Gasteiger partial charge in [0.1, 0.15) is 16.9 Å². The van der Waals surface area contributed by atoms with Gasteiger partial charge in [-0.2, -0.15) is 5.10 Å². The number of nitrogens with two attached hydrogens (primary N) is 1. The molecule has 11 heteroatoms. The van der Waals surface area contributed by atoms with Crippen molar-refractivity contribution in [1.29, 1.82) is 0 Å². The Balaban J connectivity index is 1.16. The lowest BCUT2D eigenvalue weighted by Gasteiger charge is -2.41. The number of hydrogen-bond donors (Lipinski definition) is 1. The van der Waals surface area contributed by atoms with Crippen molar-refractivity contribution in [1.82, 2.24) is 33.5 Å². The van der Waals surface area contributed by atoms with Gasteiger partial charge in [-0.3, -0.25) is 9.08 Å². The van der Waals surface area contributed by atoms with Crippen LogP contribution in [0.4, 0.5) is 5.82 Å². The van der Waals surface area contributed by atoms with Gasteiger partial charge in [0.15, 0.2) is 11.5 Å². The van der Waals surface area contributed by atoms with Crippen LogP contribution in [0.5, 0.6) is 0 Å². The average molecular weight is 492 g/mol. The molecule has 5 aromatic rings. The fourth-order valence-corrected chi connectivity index (χ4v) is 6.62. The van der Waals surface area contributed by atoms with Crippen molar-refractivity contribution in [2.45, 2.75) is 35.3 Å². The standard InChI is InChI=1S/C23H22ClN9S/c24-19-17(2-7-30-10-6-27-22(19)30)34-18-12-28-21(16-11-26-14-32(16)18)31-8-3-23(4-9-31)13-33-15(20(23)25)1-5-29-33/h1-2,5-7,10-12,14,20H,3-4,8-9,13,25H2. The fraction of sp³-hybridized carbons (Fsp3) is 0.304. The Bertz CT molecular complexity index is 1530. The van der Waals surface area contributed by atoms with E-state index in [9.17, 15) is 0 Å². The number of hydrogen-bond acceptors (Lipinski definition) is 7. The number of halogens is 1. The maximum atomic E-state index is 6.66. The zero-order chi connectivity index (χ0) is 22.9. The van der Waals surface area contributed by atoms with Crippen LogP contribution in [0.3, 0.4) is 0 Å². The van der Waals surface area contributed by atoms with Gasteiger partial charge in [-0.1, -0.05) is 23.4 Å². The smallest absolute Gasteiger partial charge is 0.156 e. The molecule has 0 radical (unpaired) electrons. The van der Waals surface area contributed by atoms with Crippen molar-refractivity contribution >= 4 is 40.3 Å².